The summed E-state index contributed by atoms with van der Waals surface area (Å²) >= 11 is 0. The van der Waals surface area contributed by atoms with Gasteiger partial charge in [0.15, 0.2) is 5.82 Å². The Bertz CT molecular complexity index is 1230. The maximum Gasteiger partial charge on any atom is 0.472 e. The third kappa shape index (κ3) is 15.1. The zero-order valence-corrected chi connectivity index (χ0v) is 30.3. The number of ether oxygens (including phenoxy) is 3. The van der Waals surface area contributed by atoms with Crippen LogP contribution in [-0.2, 0) is 27.8 Å². The summed E-state index contributed by atoms with van der Waals surface area (Å²) in [5.41, 5.74) is 6.83. The van der Waals surface area contributed by atoms with Crippen LogP contribution in [0.1, 0.15) is 121 Å². The van der Waals surface area contributed by atoms with Crippen molar-refractivity contribution in [3.8, 4) is 0 Å². The fourth-order valence-corrected chi connectivity index (χ4v) is 6.78. The Labute approximate surface area is 292 Å². The monoisotopic (exact) mass is 712 g/mol. The molecule has 0 bridgehead atoms. The summed E-state index contributed by atoms with van der Waals surface area (Å²) in [6.45, 7) is 6.13. The van der Waals surface area contributed by atoms with Crippen LogP contribution >= 0.6 is 7.82 Å². The van der Waals surface area contributed by atoms with E-state index in [4.69, 9.17) is 29.0 Å². The van der Waals surface area contributed by atoms with Crippen molar-refractivity contribution in [2.24, 2.45) is 0 Å². The summed E-state index contributed by atoms with van der Waals surface area (Å²) in [5, 5.41) is 25.3. The molecule has 1 aliphatic rings. The van der Waals surface area contributed by atoms with Gasteiger partial charge in [-0.25, -0.2) is 14.1 Å². The first-order chi connectivity index (χ1) is 23.8. The average molecular weight is 713 g/mol. The van der Waals surface area contributed by atoms with E-state index in [9.17, 15) is 19.7 Å². The van der Waals surface area contributed by atoms with Crippen LogP contribution in [-0.4, -0.2) is 87.2 Å². The number of nitrogen functional groups attached to an aromatic ring is 1. The summed E-state index contributed by atoms with van der Waals surface area (Å²) in [6.07, 6.45) is 18.3. The number of anilines is 1. The van der Waals surface area contributed by atoms with Crippen LogP contribution in [0.4, 0.5) is 5.82 Å². The molecule has 0 spiro atoms. The fourth-order valence-electron chi connectivity index (χ4n) is 6.02. The molecule has 3 heterocycles. The number of unbranched alkanes of at least 4 members (excludes halogenated alkanes) is 15. The van der Waals surface area contributed by atoms with Gasteiger partial charge in [-0.3, -0.25) is 9.05 Å². The Morgan fingerprint density at radius 2 is 1.55 bits per heavy atom. The van der Waals surface area contributed by atoms with Gasteiger partial charge in [0.25, 0.3) is 0 Å². The second-order valence-corrected chi connectivity index (χ2v) is 14.4. The summed E-state index contributed by atoms with van der Waals surface area (Å²) in [6, 6.07) is 3.32. The van der Waals surface area contributed by atoms with E-state index >= 15 is 0 Å². The van der Waals surface area contributed by atoms with E-state index in [1.165, 1.54) is 101 Å². The predicted molar refractivity (Wildman–Crippen MR) is 189 cm³/mol. The zero-order valence-electron chi connectivity index (χ0n) is 29.4. The van der Waals surface area contributed by atoms with Crippen LogP contribution in [0.3, 0.4) is 0 Å². The molecule has 2 aromatic rings. The first kappa shape index (κ1) is 41.5. The third-order valence-corrected chi connectivity index (χ3v) is 9.84. The van der Waals surface area contributed by atoms with Crippen LogP contribution < -0.4 is 5.73 Å². The number of nitrogens with zero attached hydrogens (tertiary/aromatic N) is 3. The SMILES string of the molecule is C=CCO[C@H](COCCCCCCCCCCCCCCCCCC)COP(=O)(O)OC[C@H]1O[C@@H](c2ccc3c(N)ncnn23)[C@H](O)[C@@H]1O. The number of rotatable bonds is 29. The second-order valence-electron chi connectivity index (χ2n) is 13.0. The van der Waals surface area contributed by atoms with E-state index in [0.717, 1.165) is 12.8 Å². The van der Waals surface area contributed by atoms with Gasteiger partial charge < -0.3 is 35.1 Å². The van der Waals surface area contributed by atoms with Crippen molar-refractivity contribution >= 4 is 19.2 Å². The number of aliphatic hydroxyl groups is 2. The molecule has 3 rings (SSSR count). The molecule has 280 valence electrons. The summed E-state index contributed by atoms with van der Waals surface area (Å²) < 4.78 is 41.7. The number of aliphatic hydroxyl groups excluding tert-OH is 2. The van der Waals surface area contributed by atoms with Crippen LogP contribution in [0.5, 0.6) is 0 Å². The Morgan fingerprint density at radius 1 is 0.939 bits per heavy atom. The molecule has 1 unspecified atom stereocenters. The molecule has 1 aliphatic heterocycles. The maximum atomic E-state index is 12.7. The predicted octanol–water partition coefficient (Wildman–Crippen LogP) is 6.46. The summed E-state index contributed by atoms with van der Waals surface area (Å²) in [4.78, 5) is 14.2. The highest BCUT2D eigenvalue weighted by Crippen LogP contribution is 2.45. The van der Waals surface area contributed by atoms with Gasteiger partial charge in [0.2, 0.25) is 0 Å². The van der Waals surface area contributed by atoms with Gasteiger partial charge in [-0.05, 0) is 18.6 Å². The highest BCUT2D eigenvalue weighted by Gasteiger charge is 2.45. The maximum absolute atomic E-state index is 12.7. The van der Waals surface area contributed by atoms with E-state index < -0.39 is 44.9 Å². The van der Waals surface area contributed by atoms with Gasteiger partial charge in [0, 0.05) is 6.61 Å². The average Bonchev–Trinajstić information content (AvgIpc) is 3.64. The molecule has 49 heavy (non-hydrogen) atoms. The fraction of sp³-hybridized carbons (Fsp3) is 0.771. The lowest BCUT2D eigenvalue weighted by molar-refractivity contribution is -0.0437. The molecule has 0 aliphatic carbocycles. The lowest BCUT2D eigenvalue weighted by Crippen LogP contribution is -2.33. The molecular weight excluding hydrogens is 651 g/mol. The van der Waals surface area contributed by atoms with E-state index in [0.29, 0.717) is 17.8 Å². The Hall–Kier alpha value is -1.93. The molecule has 2 aromatic heterocycles. The number of aromatic nitrogens is 3. The molecule has 0 saturated carbocycles. The van der Waals surface area contributed by atoms with Gasteiger partial charge in [0.05, 0.1) is 32.1 Å². The van der Waals surface area contributed by atoms with Crippen molar-refractivity contribution in [3.05, 3.63) is 36.8 Å². The number of nitrogens with two attached hydrogens (primary N) is 1. The minimum absolute atomic E-state index is 0.185. The van der Waals surface area contributed by atoms with Crippen molar-refractivity contribution in [3.63, 3.8) is 0 Å². The molecule has 13 nitrogen and oxygen atoms in total. The highest BCUT2D eigenvalue weighted by atomic mass is 31.2. The van der Waals surface area contributed by atoms with Crippen LogP contribution in [0.15, 0.2) is 31.1 Å². The van der Waals surface area contributed by atoms with Crippen LogP contribution in [0.2, 0.25) is 0 Å². The molecule has 5 N–H and O–H groups in total. The number of phosphoric acid groups is 1. The molecule has 1 fully saturated rings. The van der Waals surface area contributed by atoms with E-state index in [2.05, 4.69) is 23.6 Å². The topological polar surface area (TPSA) is 180 Å². The first-order valence-electron chi connectivity index (χ1n) is 18.3. The Kier molecular flexibility index (Phi) is 19.9. The second kappa shape index (κ2) is 23.5. The largest absolute Gasteiger partial charge is 0.472 e. The summed E-state index contributed by atoms with van der Waals surface area (Å²) in [7, 11) is -4.56. The number of hydrogen-bond acceptors (Lipinski definition) is 11. The standard InChI is InChI=1S/C35H61N4O9P/c1-3-5-6-7-8-9-10-11-12-13-14-15-16-17-18-19-23-44-24-28(45-22-4-2)25-46-49(42,43)47-26-31-32(40)33(41)34(48-31)29-20-21-30-35(36)37-27-38-39(29)30/h4,20-21,27-28,31-34,40-41H,2-3,5-19,22-26H2,1H3,(H,42,43)(H2,36,37,38)/t28-,31-,32-,33-,34+/m1/s1. The molecule has 1 saturated heterocycles. The number of phosphoric ester groups is 1. The van der Waals surface area contributed by atoms with Crippen LogP contribution in [0, 0.1) is 0 Å². The van der Waals surface area contributed by atoms with Gasteiger partial charge in [-0.15, -0.1) is 6.58 Å². The molecule has 0 radical (unpaired) electrons. The van der Waals surface area contributed by atoms with Gasteiger partial charge >= 0.3 is 7.82 Å². The van der Waals surface area contributed by atoms with Gasteiger partial charge in [0.1, 0.15) is 42.4 Å². The summed E-state index contributed by atoms with van der Waals surface area (Å²) in [5.74, 6) is 0.244. The lowest BCUT2D eigenvalue weighted by Gasteiger charge is -2.21. The molecule has 14 heteroatoms. The molecular formula is C35H61N4O9P. The number of hydrogen-bond donors (Lipinski definition) is 4. The highest BCUT2D eigenvalue weighted by molar-refractivity contribution is 7.47. The molecule has 0 aromatic carbocycles. The van der Waals surface area contributed by atoms with Crippen molar-refractivity contribution in [1.82, 2.24) is 14.6 Å². The first-order valence-corrected chi connectivity index (χ1v) is 19.8. The zero-order chi connectivity index (χ0) is 35.3. The Balaban J connectivity index is 1.25. The van der Waals surface area contributed by atoms with E-state index in [1.807, 2.05) is 0 Å². The van der Waals surface area contributed by atoms with Crippen molar-refractivity contribution in [2.45, 2.75) is 140 Å². The van der Waals surface area contributed by atoms with Gasteiger partial charge in [-0.1, -0.05) is 109 Å². The third-order valence-electron chi connectivity index (χ3n) is 8.89. The van der Waals surface area contributed by atoms with Crippen molar-refractivity contribution in [2.75, 3.05) is 38.8 Å². The van der Waals surface area contributed by atoms with E-state index in [1.54, 1.807) is 18.2 Å². The molecule has 0 amide bonds. The molecule has 6 atom stereocenters. The number of fused-ring (bicyclic) bond motifs is 1. The normalized spacial score (nSPS) is 21.3. The quantitative estimate of drug-likeness (QED) is 0.0412. The minimum atomic E-state index is -4.56. The van der Waals surface area contributed by atoms with E-state index in [-0.39, 0.29) is 25.6 Å². The van der Waals surface area contributed by atoms with Crippen molar-refractivity contribution < 1.29 is 42.9 Å². The van der Waals surface area contributed by atoms with Crippen LogP contribution in [0.25, 0.3) is 5.52 Å². The van der Waals surface area contributed by atoms with Crippen molar-refractivity contribution in [1.29, 1.82) is 0 Å². The smallest absolute Gasteiger partial charge is 0.387 e. The lowest BCUT2D eigenvalue weighted by atomic mass is 10.0. The Morgan fingerprint density at radius 3 is 2.16 bits per heavy atom. The van der Waals surface area contributed by atoms with Gasteiger partial charge in [-0.2, -0.15) is 5.10 Å². The minimum Gasteiger partial charge on any atom is -0.387 e.